The van der Waals surface area contributed by atoms with Gasteiger partial charge in [0.05, 0.1) is 33.1 Å². The number of carbonyl (C=O) groups excluding carboxylic acids is 2. The summed E-state index contributed by atoms with van der Waals surface area (Å²) in [5.74, 6) is 0.220. The number of aromatic hydroxyl groups is 1. The molecule has 1 aromatic carbocycles. The topological polar surface area (TPSA) is 107 Å². The minimum absolute atomic E-state index is 0.130. The third-order valence-corrected chi connectivity index (χ3v) is 6.86. The van der Waals surface area contributed by atoms with Gasteiger partial charge in [-0.1, -0.05) is 47.5 Å². The quantitative estimate of drug-likeness (QED) is 0.312. The lowest BCUT2D eigenvalue weighted by atomic mass is 9.62. The maximum atomic E-state index is 13.5. The molecule has 210 valence electrons. The molecule has 2 amide bonds. The summed E-state index contributed by atoms with van der Waals surface area (Å²) in [5.41, 5.74) is -0.0195. The Balaban J connectivity index is 2.40. The van der Waals surface area contributed by atoms with Crippen LogP contribution in [0, 0.1) is 10.8 Å². The van der Waals surface area contributed by atoms with E-state index in [4.69, 9.17) is 18.9 Å². The van der Waals surface area contributed by atoms with E-state index in [0.29, 0.717) is 38.3 Å². The molecule has 9 heteroatoms. The van der Waals surface area contributed by atoms with Gasteiger partial charge in [0.1, 0.15) is 0 Å². The van der Waals surface area contributed by atoms with Crippen LogP contribution in [0.5, 0.6) is 17.2 Å². The monoisotopic (exact) mass is 522 g/mol. The Kier molecular flexibility index (Phi) is 11.2. The summed E-state index contributed by atoms with van der Waals surface area (Å²) in [6.45, 7) is 11.6. The van der Waals surface area contributed by atoms with Gasteiger partial charge < -0.3 is 29.4 Å². The van der Waals surface area contributed by atoms with E-state index < -0.39 is 12.2 Å². The molecule has 1 aliphatic carbocycles. The summed E-state index contributed by atoms with van der Waals surface area (Å²) in [4.78, 5) is 27.4. The molecule has 1 aromatic rings. The molecule has 0 aromatic heterocycles. The Morgan fingerprint density at radius 2 is 1.68 bits per heavy atom. The van der Waals surface area contributed by atoms with E-state index in [1.54, 1.807) is 17.0 Å². The summed E-state index contributed by atoms with van der Waals surface area (Å²) < 4.78 is 21.7. The van der Waals surface area contributed by atoms with Gasteiger partial charge in [-0.05, 0) is 55.1 Å². The standard InChI is InChI=1S/C28H46N2O7/c1-8-10-14-36-25(32)29-19-28(5)17-20(16-27(3,4)18-28)30(26(33)37-15-11-9-2)21-12-13-22(34-6)23(31)24(21)35-7/h12-13,20,31H,8-11,14-19H2,1-7H3,(H,29,32). The molecule has 2 rings (SSSR count). The molecule has 1 fully saturated rings. The minimum Gasteiger partial charge on any atom is -0.502 e. The maximum Gasteiger partial charge on any atom is 0.414 e. The summed E-state index contributed by atoms with van der Waals surface area (Å²) in [6, 6.07) is 3.06. The lowest BCUT2D eigenvalue weighted by Crippen LogP contribution is -2.52. The molecule has 0 radical (unpaired) electrons. The minimum atomic E-state index is -0.492. The SMILES string of the molecule is CCCCOC(=O)NCC1(C)CC(N(C(=O)OCCCC)c2ccc(OC)c(O)c2OC)CC(C)(C)C1. The zero-order chi connectivity index (χ0) is 27.6. The van der Waals surface area contributed by atoms with Crippen molar-refractivity contribution in [2.24, 2.45) is 10.8 Å². The first-order valence-corrected chi connectivity index (χ1v) is 13.3. The van der Waals surface area contributed by atoms with Crippen molar-refractivity contribution in [2.45, 2.75) is 85.6 Å². The molecule has 1 saturated carbocycles. The number of rotatable bonds is 12. The van der Waals surface area contributed by atoms with Crippen LogP contribution in [0.1, 0.15) is 79.6 Å². The van der Waals surface area contributed by atoms with Gasteiger partial charge in [-0.25, -0.2) is 9.59 Å². The number of phenolic OH excluding ortho intramolecular Hbond substituents is 1. The second-order valence-electron chi connectivity index (χ2n) is 11.1. The van der Waals surface area contributed by atoms with Crippen molar-refractivity contribution in [3.05, 3.63) is 12.1 Å². The Hall–Kier alpha value is -2.84. The molecular weight excluding hydrogens is 476 g/mol. The van der Waals surface area contributed by atoms with Crippen LogP contribution in [0.2, 0.25) is 0 Å². The van der Waals surface area contributed by atoms with Crippen molar-refractivity contribution in [3.8, 4) is 17.2 Å². The van der Waals surface area contributed by atoms with Crippen LogP contribution in [-0.2, 0) is 9.47 Å². The fraction of sp³-hybridized carbons (Fsp3) is 0.714. The van der Waals surface area contributed by atoms with Gasteiger partial charge in [-0.3, -0.25) is 4.90 Å². The molecule has 0 saturated heterocycles. The number of phenols is 1. The number of hydrogen-bond acceptors (Lipinski definition) is 7. The molecular formula is C28H46N2O7. The van der Waals surface area contributed by atoms with E-state index in [1.807, 2.05) is 13.8 Å². The molecule has 0 heterocycles. The highest BCUT2D eigenvalue weighted by Gasteiger charge is 2.46. The maximum absolute atomic E-state index is 13.5. The summed E-state index contributed by atoms with van der Waals surface area (Å²) in [5, 5.41) is 13.7. The van der Waals surface area contributed by atoms with E-state index in [0.717, 1.165) is 32.1 Å². The largest absolute Gasteiger partial charge is 0.502 e. The number of ether oxygens (including phenoxy) is 4. The lowest BCUT2D eigenvalue weighted by molar-refractivity contribution is 0.0713. The van der Waals surface area contributed by atoms with Crippen LogP contribution in [0.25, 0.3) is 0 Å². The number of hydrogen-bond donors (Lipinski definition) is 2. The average molecular weight is 523 g/mol. The third-order valence-electron chi connectivity index (χ3n) is 6.86. The number of nitrogens with one attached hydrogen (secondary N) is 1. The van der Waals surface area contributed by atoms with Crippen molar-refractivity contribution in [2.75, 3.05) is 38.9 Å². The average Bonchev–Trinajstić information content (AvgIpc) is 2.82. The van der Waals surface area contributed by atoms with Crippen LogP contribution in [0.15, 0.2) is 12.1 Å². The Labute approximate surface area is 221 Å². The number of unbranched alkanes of at least 4 members (excludes halogenated alkanes) is 2. The van der Waals surface area contributed by atoms with Gasteiger partial charge in [0.2, 0.25) is 5.75 Å². The first kappa shape index (κ1) is 30.4. The van der Waals surface area contributed by atoms with Crippen LogP contribution in [0.4, 0.5) is 15.3 Å². The second-order valence-corrected chi connectivity index (χ2v) is 11.1. The van der Waals surface area contributed by atoms with Crippen molar-refractivity contribution in [1.82, 2.24) is 5.32 Å². The molecule has 0 spiro atoms. The summed E-state index contributed by atoms with van der Waals surface area (Å²) in [6.07, 6.45) is 4.70. The highest BCUT2D eigenvalue weighted by atomic mass is 16.6. The highest BCUT2D eigenvalue weighted by molar-refractivity contribution is 5.91. The molecule has 37 heavy (non-hydrogen) atoms. The fourth-order valence-electron chi connectivity index (χ4n) is 5.46. The predicted octanol–water partition coefficient (Wildman–Crippen LogP) is 6.26. The van der Waals surface area contributed by atoms with E-state index in [1.165, 1.54) is 14.2 Å². The molecule has 0 bridgehead atoms. The molecule has 2 atom stereocenters. The van der Waals surface area contributed by atoms with Gasteiger partial charge in [-0.2, -0.15) is 0 Å². The molecule has 2 N–H and O–H groups in total. The van der Waals surface area contributed by atoms with Gasteiger partial charge in [0.25, 0.3) is 0 Å². The Bertz CT molecular complexity index is 905. The molecule has 2 unspecified atom stereocenters. The van der Waals surface area contributed by atoms with E-state index in [2.05, 4.69) is 26.1 Å². The fourth-order valence-corrected chi connectivity index (χ4v) is 5.46. The Morgan fingerprint density at radius 3 is 2.27 bits per heavy atom. The lowest BCUT2D eigenvalue weighted by Gasteiger charge is -2.49. The molecule has 9 nitrogen and oxygen atoms in total. The predicted molar refractivity (Wildman–Crippen MR) is 144 cm³/mol. The van der Waals surface area contributed by atoms with Gasteiger partial charge in [-0.15, -0.1) is 0 Å². The number of amides is 2. The van der Waals surface area contributed by atoms with Crippen LogP contribution >= 0.6 is 0 Å². The zero-order valence-electron chi connectivity index (χ0n) is 23.6. The van der Waals surface area contributed by atoms with E-state index in [-0.39, 0.29) is 34.1 Å². The number of benzene rings is 1. The van der Waals surface area contributed by atoms with Crippen LogP contribution in [0.3, 0.4) is 0 Å². The highest BCUT2D eigenvalue weighted by Crippen LogP contribution is 2.50. The normalized spacial score (nSPS) is 20.6. The number of anilines is 1. The molecule has 1 aliphatic rings. The van der Waals surface area contributed by atoms with Crippen molar-refractivity contribution in [1.29, 1.82) is 0 Å². The van der Waals surface area contributed by atoms with E-state index in [9.17, 15) is 14.7 Å². The first-order valence-electron chi connectivity index (χ1n) is 13.3. The molecule has 0 aliphatic heterocycles. The first-order chi connectivity index (χ1) is 17.5. The zero-order valence-corrected chi connectivity index (χ0v) is 23.6. The van der Waals surface area contributed by atoms with Crippen molar-refractivity contribution in [3.63, 3.8) is 0 Å². The van der Waals surface area contributed by atoms with Crippen LogP contribution in [-0.4, -0.2) is 57.3 Å². The number of methoxy groups -OCH3 is 2. The number of nitrogens with zero attached hydrogens (tertiary/aromatic N) is 1. The number of alkyl carbamates (subject to hydrolysis) is 1. The summed E-state index contributed by atoms with van der Waals surface area (Å²) in [7, 11) is 2.90. The van der Waals surface area contributed by atoms with Gasteiger partial charge in [0.15, 0.2) is 11.5 Å². The van der Waals surface area contributed by atoms with Crippen LogP contribution < -0.4 is 19.7 Å². The third kappa shape index (κ3) is 8.33. The second kappa shape index (κ2) is 13.6. The van der Waals surface area contributed by atoms with Gasteiger partial charge >= 0.3 is 12.2 Å². The van der Waals surface area contributed by atoms with Crippen molar-refractivity contribution >= 4 is 17.9 Å². The summed E-state index contributed by atoms with van der Waals surface area (Å²) >= 11 is 0. The smallest absolute Gasteiger partial charge is 0.414 e. The van der Waals surface area contributed by atoms with E-state index >= 15 is 0 Å². The van der Waals surface area contributed by atoms with Crippen molar-refractivity contribution < 1.29 is 33.6 Å². The van der Waals surface area contributed by atoms with Gasteiger partial charge in [0, 0.05) is 12.6 Å². The number of carbonyl (C=O) groups is 2. The Morgan fingerprint density at radius 1 is 1.03 bits per heavy atom.